The summed E-state index contributed by atoms with van der Waals surface area (Å²) in [6, 6.07) is 8.11. The Morgan fingerprint density at radius 2 is 2.17 bits per heavy atom. The quantitative estimate of drug-likeness (QED) is 0.777. The van der Waals surface area contributed by atoms with Gasteiger partial charge in [-0.05, 0) is 44.2 Å². The van der Waals surface area contributed by atoms with Crippen LogP contribution in [-0.4, -0.2) is 27.5 Å². The summed E-state index contributed by atoms with van der Waals surface area (Å²) in [5.41, 5.74) is 3.15. The number of carbonyl (C=O) groups excluding carboxylic acids is 1. The van der Waals surface area contributed by atoms with E-state index < -0.39 is 0 Å². The third-order valence-corrected chi connectivity index (χ3v) is 5.20. The predicted octanol–water partition coefficient (Wildman–Crippen LogP) is 4.38. The molecule has 2 aromatic rings. The van der Waals surface area contributed by atoms with Crippen molar-refractivity contribution in [3.8, 4) is 0 Å². The fraction of sp³-hybridized carbons (Fsp3) is 0.235. The molecule has 0 radical (unpaired) electrons. The number of nitrogens with zero attached hydrogens (tertiary/aromatic N) is 3. The van der Waals surface area contributed by atoms with Gasteiger partial charge in [0.1, 0.15) is 0 Å². The van der Waals surface area contributed by atoms with Crippen LogP contribution in [0.3, 0.4) is 0 Å². The van der Waals surface area contributed by atoms with Gasteiger partial charge < -0.3 is 0 Å². The van der Waals surface area contributed by atoms with Crippen LogP contribution in [0.4, 0.5) is 5.13 Å². The summed E-state index contributed by atoms with van der Waals surface area (Å²) >= 11 is 2.90. The highest BCUT2D eigenvalue weighted by Gasteiger charge is 2.32. The van der Waals surface area contributed by atoms with Crippen molar-refractivity contribution >= 4 is 45.4 Å². The van der Waals surface area contributed by atoms with Crippen molar-refractivity contribution in [3.63, 3.8) is 0 Å². The summed E-state index contributed by atoms with van der Waals surface area (Å²) in [6.07, 6.45) is 1.93. The van der Waals surface area contributed by atoms with E-state index in [0.717, 1.165) is 11.3 Å². The molecule has 3 rings (SSSR count). The molecule has 1 saturated heterocycles. The van der Waals surface area contributed by atoms with Gasteiger partial charge in [-0.1, -0.05) is 29.8 Å². The molecule has 6 heteroatoms. The number of hydrogen-bond acceptors (Lipinski definition) is 5. The monoisotopic (exact) mass is 343 g/mol. The van der Waals surface area contributed by atoms with Gasteiger partial charge in [-0.2, -0.15) is 4.99 Å². The normalized spacial score (nSPS) is 18.4. The van der Waals surface area contributed by atoms with Gasteiger partial charge in [0.25, 0.3) is 5.91 Å². The van der Waals surface area contributed by atoms with Crippen LogP contribution in [-0.2, 0) is 4.79 Å². The average molecular weight is 343 g/mol. The number of thioether (sulfide) groups is 1. The molecule has 1 fully saturated rings. The third kappa shape index (κ3) is 3.54. The second-order valence-corrected chi connectivity index (χ2v) is 7.09. The molecule has 0 aliphatic carbocycles. The van der Waals surface area contributed by atoms with Crippen molar-refractivity contribution in [3.05, 3.63) is 51.4 Å². The van der Waals surface area contributed by atoms with E-state index in [-0.39, 0.29) is 5.91 Å². The van der Waals surface area contributed by atoms with Crippen LogP contribution in [0.25, 0.3) is 6.08 Å². The number of amides is 1. The molecule has 0 atom stereocenters. The molecule has 0 unspecified atom stereocenters. The van der Waals surface area contributed by atoms with E-state index in [4.69, 9.17) is 0 Å². The van der Waals surface area contributed by atoms with Gasteiger partial charge in [0.05, 0.1) is 10.6 Å². The van der Waals surface area contributed by atoms with Gasteiger partial charge in [-0.3, -0.25) is 9.69 Å². The van der Waals surface area contributed by atoms with Gasteiger partial charge in [0, 0.05) is 11.9 Å². The minimum Gasteiger partial charge on any atom is -0.287 e. The first-order valence-electron chi connectivity index (χ1n) is 7.35. The van der Waals surface area contributed by atoms with E-state index in [1.54, 1.807) is 4.90 Å². The van der Waals surface area contributed by atoms with Crippen LogP contribution in [0.1, 0.15) is 23.7 Å². The van der Waals surface area contributed by atoms with Crippen molar-refractivity contribution in [2.24, 2.45) is 4.99 Å². The highest BCUT2D eigenvalue weighted by atomic mass is 32.2. The number of hydrogen-bond donors (Lipinski definition) is 0. The van der Waals surface area contributed by atoms with Gasteiger partial charge in [0.15, 0.2) is 5.17 Å². The average Bonchev–Trinajstić information content (AvgIpc) is 3.04. The van der Waals surface area contributed by atoms with E-state index in [2.05, 4.69) is 16.0 Å². The van der Waals surface area contributed by atoms with Gasteiger partial charge in [-0.25, -0.2) is 4.98 Å². The van der Waals surface area contributed by atoms with Gasteiger partial charge in [-0.15, -0.1) is 11.3 Å². The first kappa shape index (κ1) is 16.0. The number of aromatic nitrogens is 1. The lowest BCUT2D eigenvalue weighted by atomic mass is 10.1. The van der Waals surface area contributed by atoms with Gasteiger partial charge >= 0.3 is 0 Å². The standard InChI is InChI=1S/C17H17N3OS2/c1-4-20-15(21)14(9-13-7-5-6-11(2)8-13)23-17(20)19-16-18-12(3)10-22-16/h5-10H,4H2,1-3H3/b14-9-,19-17+. The fourth-order valence-corrected chi connectivity index (χ4v) is 4.02. The second-order valence-electron chi connectivity index (χ2n) is 5.24. The number of likely N-dealkylation sites (N-methyl/N-ethyl adjacent to an activating group) is 1. The number of thiazole rings is 1. The van der Waals surface area contributed by atoms with E-state index in [1.165, 1.54) is 28.7 Å². The minimum atomic E-state index is 0.00559. The largest absolute Gasteiger partial charge is 0.287 e. The molecule has 0 bridgehead atoms. The number of amidine groups is 1. The Bertz CT molecular complexity index is 808. The summed E-state index contributed by atoms with van der Waals surface area (Å²) < 4.78 is 0. The molecule has 23 heavy (non-hydrogen) atoms. The first-order chi connectivity index (χ1) is 11.1. The molecule has 4 nitrogen and oxygen atoms in total. The summed E-state index contributed by atoms with van der Waals surface area (Å²) in [7, 11) is 0. The van der Waals surface area contributed by atoms with Crippen LogP contribution >= 0.6 is 23.1 Å². The number of aliphatic imine (C=N–C) groups is 1. The molecule has 0 saturated carbocycles. The molecule has 0 spiro atoms. The maximum absolute atomic E-state index is 12.6. The lowest BCUT2D eigenvalue weighted by Crippen LogP contribution is -2.28. The third-order valence-electron chi connectivity index (χ3n) is 3.34. The molecule has 1 aliphatic heterocycles. The molecule has 118 valence electrons. The maximum atomic E-state index is 12.6. The zero-order chi connectivity index (χ0) is 16.4. The smallest absolute Gasteiger partial charge is 0.266 e. The molecule has 2 heterocycles. The Balaban J connectivity index is 1.93. The van der Waals surface area contributed by atoms with Crippen molar-refractivity contribution in [2.45, 2.75) is 20.8 Å². The highest BCUT2D eigenvalue weighted by molar-refractivity contribution is 8.18. The molecular weight excluding hydrogens is 326 g/mol. The van der Waals surface area contributed by atoms with E-state index in [9.17, 15) is 4.79 Å². The molecule has 1 aromatic carbocycles. The van der Waals surface area contributed by atoms with Crippen LogP contribution in [0.5, 0.6) is 0 Å². The Morgan fingerprint density at radius 3 is 2.83 bits per heavy atom. The number of rotatable bonds is 3. The summed E-state index contributed by atoms with van der Waals surface area (Å²) in [4.78, 5) is 23.9. The Hall–Kier alpha value is -1.92. The van der Waals surface area contributed by atoms with Crippen molar-refractivity contribution in [1.82, 2.24) is 9.88 Å². The highest BCUT2D eigenvalue weighted by Crippen LogP contribution is 2.34. The first-order valence-corrected chi connectivity index (χ1v) is 9.05. The molecule has 1 aromatic heterocycles. The lowest BCUT2D eigenvalue weighted by molar-refractivity contribution is -0.122. The Labute approximate surface area is 144 Å². The molecule has 0 N–H and O–H groups in total. The maximum Gasteiger partial charge on any atom is 0.266 e. The minimum absolute atomic E-state index is 0.00559. The summed E-state index contributed by atoms with van der Waals surface area (Å²) in [5, 5.41) is 3.35. The predicted molar refractivity (Wildman–Crippen MR) is 98.1 cm³/mol. The second kappa shape index (κ2) is 6.68. The molecule has 1 aliphatic rings. The molecule has 1 amide bonds. The zero-order valence-electron chi connectivity index (χ0n) is 13.2. The van der Waals surface area contributed by atoms with E-state index >= 15 is 0 Å². The van der Waals surface area contributed by atoms with Crippen molar-refractivity contribution < 1.29 is 4.79 Å². The van der Waals surface area contributed by atoms with Crippen LogP contribution < -0.4 is 0 Å². The SMILES string of the molecule is CCN1C(=O)/C(=C/c2cccc(C)c2)S/C1=N/c1nc(C)cs1. The van der Waals surface area contributed by atoms with Crippen LogP contribution in [0.2, 0.25) is 0 Å². The number of carbonyl (C=O) groups is 1. The lowest BCUT2D eigenvalue weighted by Gasteiger charge is -2.11. The van der Waals surface area contributed by atoms with Crippen molar-refractivity contribution in [1.29, 1.82) is 0 Å². The fourth-order valence-electron chi connectivity index (χ4n) is 2.26. The zero-order valence-corrected chi connectivity index (χ0v) is 14.9. The number of benzene rings is 1. The van der Waals surface area contributed by atoms with Crippen LogP contribution in [0.15, 0.2) is 39.5 Å². The van der Waals surface area contributed by atoms with Gasteiger partial charge in [0.2, 0.25) is 5.13 Å². The number of aryl methyl sites for hydroxylation is 2. The summed E-state index contributed by atoms with van der Waals surface area (Å²) in [6.45, 7) is 6.53. The Morgan fingerprint density at radius 1 is 1.35 bits per heavy atom. The van der Waals surface area contributed by atoms with E-state index in [0.29, 0.717) is 21.7 Å². The Kier molecular flexibility index (Phi) is 4.63. The summed E-state index contributed by atoms with van der Waals surface area (Å²) in [5.74, 6) is 0.00559. The van der Waals surface area contributed by atoms with E-state index in [1.807, 2.05) is 50.4 Å². The topological polar surface area (TPSA) is 45.6 Å². The molecular formula is C17H17N3OS2. The van der Waals surface area contributed by atoms with Crippen LogP contribution in [0, 0.1) is 13.8 Å². The van der Waals surface area contributed by atoms with Crippen molar-refractivity contribution in [2.75, 3.05) is 6.54 Å².